The fourth-order valence-corrected chi connectivity index (χ4v) is 9.65. The Labute approximate surface area is 263 Å². The van der Waals surface area contributed by atoms with Gasteiger partial charge in [-0.3, -0.25) is 9.59 Å². The minimum absolute atomic E-state index is 0.0500. The number of carbonyl (C=O) groups is 2. The van der Waals surface area contributed by atoms with Crippen molar-refractivity contribution in [3.8, 4) is 11.5 Å². The third kappa shape index (κ3) is 4.43. The first-order chi connectivity index (χ1) is 20.7. The number of benzene rings is 2. The van der Waals surface area contributed by atoms with Crippen LogP contribution in [0.2, 0.25) is 0 Å². The number of ether oxygens (including phenoxy) is 1. The second-order valence-corrected chi connectivity index (χ2v) is 15.8. The van der Waals surface area contributed by atoms with Gasteiger partial charge < -0.3 is 14.9 Å². The number of hydrogen-bond donors (Lipinski definition) is 2. The summed E-state index contributed by atoms with van der Waals surface area (Å²) in [5.74, 6) is 1.04. The van der Waals surface area contributed by atoms with Crippen molar-refractivity contribution in [2.75, 3.05) is 6.61 Å². The number of fused-ring (bicyclic) bond motifs is 6. The van der Waals surface area contributed by atoms with E-state index in [2.05, 4.69) is 47.6 Å². The maximum Gasteiger partial charge on any atom is 0.203 e. The number of allylic oxidation sites excluding steroid dienone is 2. The number of aliphatic hydroxyl groups is 1. The molecule has 236 valence electrons. The molecule has 0 aliphatic heterocycles. The van der Waals surface area contributed by atoms with Crippen LogP contribution in [0, 0.1) is 17.3 Å². The molecule has 0 radical (unpaired) electrons. The van der Waals surface area contributed by atoms with E-state index in [4.69, 9.17) is 4.74 Å². The van der Waals surface area contributed by atoms with Crippen molar-refractivity contribution in [2.45, 2.75) is 123 Å². The van der Waals surface area contributed by atoms with E-state index in [0.717, 1.165) is 66.3 Å². The summed E-state index contributed by atoms with van der Waals surface area (Å²) in [6.07, 6.45) is 6.80. The SMILES string of the molecule is CC(C)c1cc2c(cc1O)[C@@]1(C)CCC[C@](C)(CO)C1[C@@H](Oc1cc3c(cc1C(C)C)C(=O)C=C1[C@H](C)CCC[C@@]13C)C2=O. The van der Waals surface area contributed by atoms with Crippen molar-refractivity contribution >= 4 is 11.6 Å². The molecule has 4 aliphatic carbocycles. The van der Waals surface area contributed by atoms with Crippen LogP contribution in [-0.4, -0.2) is 34.5 Å². The van der Waals surface area contributed by atoms with Gasteiger partial charge in [-0.1, -0.05) is 73.8 Å². The molecular weight excluding hydrogens is 548 g/mol. The Hall–Kier alpha value is -2.92. The molecule has 0 spiro atoms. The molecule has 5 nitrogen and oxygen atoms in total. The van der Waals surface area contributed by atoms with Crippen molar-refractivity contribution in [2.24, 2.45) is 17.3 Å². The van der Waals surface area contributed by atoms with Gasteiger partial charge >= 0.3 is 0 Å². The molecule has 0 amide bonds. The van der Waals surface area contributed by atoms with Crippen LogP contribution in [0.3, 0.4) is 0 Å². The minimum atomic E-state index is -0.808. The number of hydrogen-bond acceptors (Lipinski definition) is 5. The van der Waals surface area contributed by atoms with Crippen LogP contribution in [0.5, 0.6) is 11.5 Å². The van der Waals surface area contributed by atoms with E-state index in [-0.39, 0.29) is 47.1 Å². The fraction of sp³-hybridized carbons (Fsp3) is 0.590. The van der Waals surface area contributed by atoms with E-state index in [1.807, 2.05) is 38.1 Å². The zero-order valence-electron chi connectivity index (χ0n) is 27.8. The van der Waals surface area contributed by atoms with Gasteiger partial charge in [-0.15, -0.1) is 0 Å². The lowest BCUT2D eigenvalue weighted by molar-refractivity contribution is -0.0631. The number of aliphatic hydroxyl groups excluding tert-OH is 1. The largest absolute Gasteiger partial charge is 0.508 e. The van der Waals surface area contributed by atoms with Gasteiger partial charge in [0.2, 0.25) is 5.78 Å². The molecule has 1 unspecified atom stereocenters. The van der Waals surface area contributed by atoms with Crippen molar-refractivity contribution < 1.29 is 24.5 Å². The molecule has 6 rings (SSSR count). The van der Waals surface area contributed by atoms with Crippen molar-refractivity contribution in [1.29, 1.82) is 0 Å². The van der Waals surface area contributed by atoms with Crippen LogP contribution < -0.4 is 4.74 Å². The number of phenols is 1. The highest BCUT2D eigenvalue weighted by Gasteiger charge is 2.59. The van der Waals surface area contributed by atoms with Gasteiger partial charge in [0.25, 0.3) is 0 Å². The van der Waals surface area contributed by atoms with E-state index in [1.165, 1.54) is 5.57 Å². The Morgan fingerprint density at radius 1 is 0.886 bits per heavy atom. The summed E-state index contributed by atoms with van der Waals surface area (Å²) in [7, 11) is 0. The highest BCUT2D eigenvalue weighted by molar-refractivity contribution is 6.08. The molecular formula is C39H50O5. The standard InChI is InChI=1S/C39H50O5/c1-21(2)24-15-27-29(18-31(24)41)39(8)14-10-12-37(6,20-40)36(39)35(34(27)43)44-33-19-30-26(16-25(33)22(3)4)32(42)17-28-23(5)11-9-13-38(28,30)7/h15-19,21-23,35-36,40-41H,9-14,20H2,1-8H3/t23-,35+,36?,37-,38+,39-/m1/s1. The van der Waals surface area contributed by atoms with Crippen LogP contribution in [-0.2, 0) is 10.8 Å². The first-order valence-electron chi connectivity index (χ1n) is 16.8. The minimum Gasteiger partial charge on any atom is -0.508 e. The lowest BCUT2D eigenvalue weighted by atomic mass is 9.48. The molecule has 0 aromatic heterocycles. The van der Waals surface area contributed by atoms with Gasteiger partial charge in [-0.25, -0.2) is 0 Å². The Kier molecular flexibility index (Phi) is 7.47. The van der Waals surface area contributed by atoms with E-state index < -0.39 is 16.9 Å². The van der Waals surface area contributed by atoms with Gasteiger partial charge in [0.05, 0.1) is 0 Å². The lowest BCUT2D eigenvalue weighted by Gasteiger charge is -2.56. The topological polar surface area (TPSA) is 83.8 Å². The summed E-state index contributed by atoms with van der Waals surface area (Å²) < 4.78 is 7.08. The van der Waals surface area contributed by atoms with Crippen LogP contribution in [0.1, 0.15) is 149 Å². The molecule has 2 N–H and O–H groups in total. The summed E-state index contributed by atoms with van der Waals surface area (Å²) in [5, 5.41) is 21.9. The predicted molar refractivity (Wildman–Crippen MR) is 174 cm³/mol. The second-order valence-electron chi connectivity index (χ2n) is 15.8. The zero-order valence-corrected chi connectivity index (χ0v) is 27.8. The van der Waals surface area contributed by atoms with E-state index in [1.54, 1.807) is 0 Å². The molecule has 6 atom stereocenters. The van der Waals surface area contributed by atoms with Gasteiger partial charge in [0.15, 0.2) is 11.9 Å². The number of rotatable bonds is 5. The average molecular weight is 599 g/mol. The Balaban J connectivity index is 1.55. The molecule has 2 aromatic rings. The van der Waals surface area contributed by atoms with Gasteiger partial charge in [-0.2, -0.15) is 0 Å². The molecule has 2 fully saturated rings. The number of carbonyl (C=O) groups excluding carboxylic acids is 2. The Morgan fingerprint density at radius 3 is 2.23 bits per heavy atom. The fourth-order valence-electron chi connectivity index (χ4n) is 9.65. The summed E-state index contributed by atoms with van der Waals surface area (Å²) in [6.45, 7) is 17.0. The molecule has 0 bridgehead atoms. The summed E-state index contributed by atoms with van der Waals surface area (Å²) in [4.78, 5) is 28.3. The quantitative estimate of drug-likeness (QED) is 0.360. The number of Topliss-reactive ketones (excluding diaryl/α,β-unsaturated/α-hetero) is 1. The van der Waals surface area contributed by atoms with E-state index in [0.29, 0.717) is 17.2 Å². The van der Waals surface area contributed by atoms with Crippen LogP contribution in [0.4, 0.5) is 0 Å². The first-order valence-corrected chi connectivity index (χ1v) is 16.8. The van der Waals surface area contributed by atoms with Crippen LogP contribution in [0.25, 0.3) is 0 Å². The Morgan fingerprint density at radius 2 is 1.57 bits per heavy atom. The first kappa shape index (κ1) is 31.1. The van der Waals surface area contributed by atoms with Crippen LogP contribution in [0.15, 0.2) is 35.9 Å². The molecule has 4 aliphatic rings. The zero-order chi connectivity index (χ0) is 31.9. The van der Waals surface area contributed by atoms with Gasteiger partial charge in [0, 0.05) is 34.5 Å². The van der Waals surface area contributed by atoms with Gasteiger partial charge in [0.1, 0.15) is 11.5 Å². The predicted octanol–water partition coefficient (Wildman–Crippen LogP) is 8.54. The number of aromatic hydroxyl groups is 1. The smallest absolute Gasteiger partial charge is 0.203 e. The van der Waals surface area contributed by atoms with Crippen molar-refractivity contribution in [1.82, 2.24) is 0 Å². The second kappa shape index (κ2) is 10.6. The Bertz CT molecular complexity index is 1560. The molecule has 2 aromatic carbocycles. The average Bonchev–Trinajstić information content (AvgIpc) is 2.96. The summed E-state index contributed by atoms with van der Waals surface area (Å²) >= 11 is 0. The van der Waals surface area contributed by atoms with Crippen molar-refractivity contribution in [3.05, 3.63) is 69.3 Å². The molecule has 0 saturated heterocycles. The maximum atomic E-state index is 14.7. The highest BCUT2D eigenvalue weighted by atomic mass is 16.5. The van der Waals surface area contributed by atoms with Crippen molar-refractivity contribution in [3.63, 3.8) is 0 Å². The van der Waals surface area contributed by atoms with E-state index in [9.17, 15) is 19.8 Å². The molecule has 5 heteroatoms. The van der Waals surface area contributed by atoms with Crippen LogP contribution >= 0.6 is 0 Å². The monoisotopic (exact) mass is 598 g/mol. The summed E-state index contributed by atoms with van der Waals surface area (Å²) in [5.41, 5.74) is 4.88. The maximum absolute atomic E-state index is 14.7. The number of ketones is 2. The molecule has 0 heterocycles. The van der Waals surface area contributed by atoms with Gasteiger partial charge in [-0.05, 0) is 101 Å². The third-order valence-corrected chi connectivity index (χ3v) is 12.1. The molecule has 2 saturated carbocycles. The summed E-state index contributed by atoms with van der Waals surface area (Å²) in [6, 6.07) is 7.81. The lowest BCUT2D eigenvalue weighted by Crippen LogP contribution is -2.60. The third-order valence-electron chi connectivity index (χ3n) is 12.1. The molecule has 44 heavy (non-hydrogen) atoms. The highest BCUT2D eigenvalue weighted by Crippen LogP contribution is 2.59. The normalized spacial score (nSPS) is 33.0. The number of phenolic OH excluding ortho intramolecular Hbond substituents is 1. The van der Waals surface area contributed by atoms with E-state index >= 15 is 0 Å².